The summed E-state index contributed by atoms with van der Waals surface area (Å²) < 4.78 is 5.35. The van der Waals surface area contributed by atoms with Gasteiger partial charge in [0.2, 0.25) is 5.91 Å². The van der Waals surface area contributed by atoms with E-state index >= 15 is 0 Å². The third kappa shape index (κ3) is 3.67. The number of morpholine rings is 1. The zero-order chi connectivity index (χ0) is 13.8. The van der Waals surface area contributed by atoms with Crippen LogP contribution in [0.4, 0.5) is 0 Å². The van der Waals surface area contributed by atoms with Crippen molar-refractivity contribution in [2.45, 2.75) is 50.7 Å². The molecule has 2 fully saturated rings. The van der Waals surface area contributed by atoms with Gasteiger partial charge >= 0.3 is 5.97 Å². The predicted molar refractivity (Wildman–Crippen MR) is 68.8 cm³/mol. The average molecular weight is 270 g/mol. The van der Waals surface area contributed by atoms with Crippen LogP contribution >= 0.6 is 0 Å². The van der Waals surface area contributed by atoms with Crippen molar-refractivity contribution in [2.24, 2.45) is 0 Å². The summed E-state index contributed by atoms with van der Waals surface area (Å²) in [7, 11) is 0. The van der Waals surface area contributed by atoms with Crippen molar-refractivity contribution < 1.29 is 19.4 Å². The van der Waals surface area contributed by atoms with Crippen molar-refractivity contribution in [3.8, 4) is 0 Å². The molecule has 2 unspecified atom stereocenters. The van der Waals surface area contributed by atoms with Crippen LogP contribution in [0.3, 0.4) is 0 Å². The third-order valence-electron chi connectivity index (χ3n) is 3.64. The van der Waals surface area contributed by atoms with E-state index in [1.54, 1.807) is 4.90 Å². The van der Waals surface area contributed by atoms with E-state index in [-0.39, 0.29) is 18.6 Å². The van der Waals surface area contributed by atoms with E-state index in [0.29, 0.717) is 19.6 Å². The van der Waals surface area contributed by atoms with Crippen LogP contribution in [0.15, 0.2) is 0 Å². The number of ether oxygens (including phenoxy) is 1. The second kappa shape index (κ2) is 6.34. The molecule has 1 saturated carbocycles. The molecule has 2 rings (SSSR count). The molecule has 108 valence electrons. The maximum Gasteiger partial charge on any atom is 0.320 e. The summed E-state index contributed by atoms with van der Waals surface area (Å²) >= 11 is 0. The number of carbonyl (C=O) groups excluding carboxylic acids is 1. The largest absolute Gasteiger partial charge is 0.480 e. The van der Waals surface area contributed by atoms with Gasteiger partial charge in [-0.05, 0) is 19.3 Å². The van der Waals surface area contributed by atoms with Crippen LogP contribution in [0.1, 0.15) is 32.6 Å². The fraction of sp³-hybridized carbons (Fsp3) is 0.846. The molecule has 2 aliphatic rings. The first-order chi connectivity index (χ1) is 9.13. The zero-order valence-corrected chi connectivity index (χ0v) is 11.3. The summed E-state index contributed by atoms with van der Waals surface area (Å²) in [4.78, 5) is 25.3. The first kappa shape index (κ1) is 14.3. The summed E-state index contributed by atoms with van der Waals surface area (Å²) in [6, 6.07) is -0.781. The lowest BCUT2D eigenvalue weighted by molar-refractivity contribution is -0.151. The molecule has 1 saturated heterocycles. The highest BCUT2D eigenvalue weighted by Gasteiger charge is 2.38. The van der Waals surface area contributed by atoms with Crippen molar-refractivity contribution in [1.29, 1.82) is 0 Å². The summed E-state index contributed by atoms with van der Waals surface area (Å²) in [6.07, 6.45) is 3.39. The number of nitrogens with zero attached hydrogens (tertiary/aromatic N) is 1. The van der Waals surface area contributed by atoms with Crippen molar-refractivity contribution in [1.82, 2.24) is 10.2 Å². The predicted octanol–water partition coefficient (Wildman–Crippen LogP) is 0.219. The number of hydrogen-bond donors (Lipinski definition) is 2. The van der Waals surface area contributed by atoms with Gasteiger partial charge < -0.3 is 15.2 Å². The minimum Gasteiger partial charge on any atom is -0.480 e. The highest BCUT2D eigenvalue weighted by atomic mass is 16.5. The first-order valence-corrected chi connectivity index (χ1v) is 7.00. The summed E-state index contributed by atoms with van der Waals surface area (Å²) in [5, 5.41) is 12.3. The quantitative estimate of drug-likeness (QED) is 0.722. The van der Waals surface area contributed by atoms with Crippen LogP contribution in [-0.4, -0.2) is 59.8 Å². The Kier molecular flexibility index (Phi) is 4.76. The monoisotopic (exact) mass is 270 g/mol. The minimum absolute atomic E-state index is 0.0930. The Morgan fingerprint density at radius 1 is 1.47 bits per heavy atom. The number of hydrogen-bond acceptors (Lipinski definition) is 4. The van der Waals surface area contributed by atoms with Crippen molar-refractivity contribution in [2.75, 3.05) is 19.8 Å². The van der Waals surface area contributed by atoms with Gasteiger partial charge in [0.05, 0.1) is 13.2 Å². The molecule has 1 aliphatic heterocycles. The van der Waals surface area contributed by atoms with Crippen LogP contribution in [-0.2, 0) is 14.3 Å². The molecular formula is C13H22N2O4. The Balaban J connectivity index is 2.04. The van der Waals surface area contributed by atoms with Gasteiger partial charge in [0.1, 0.15) is 12.1 Å². The van der Waals surface area contributed by atoms with E-state index in [4.69, 9.17) is 4.74 Å². The molecule has 2 atom stereocenters. The standard InChI is InChI=1S/C13H22N2O4/c1-2-3-10(13(17)18)15-6-7-19-8-11(15)12(16)14-9-4-5-9/h9-11H,2-8H2,1H3,(H,14,16)(H,17,18). The highest BCUT2D eigenvalue weighted by molar-refractivity contribution is 5.84. The minimum atomic E-state index is -0.854. The Labute approximate surface area is 113 Å². The van der Waals surface area contributed by atoms with Gasteiger partial charge in [-0.2, -0.15) is 0 Å². The molecule has 2 N–H and O–H groups in total. The summed E-state index contributed by atoms with van der Waals surface area (Å²) in [5.41, 5.74) is 0. The molecule has 1 aliphatic carbocycles. The normalized spacial score (nSPS) is 25.8. The fourth-order valence-electron chi connectivity index (χ4n) is 2.45. The molecule has 0 aromatic carbocycles. The summed E-state index contributed by atoms with van der Waals surface area (Å²) in [5.74, 6) is -0.947. The molecule has 19 heavy (non-hydrogen) atoms. The van der Waals surface area contributed by atoms with Crippen LogP contribution < -0.4 is 5.32 Å². The SMILES string of the molecule is CCCC(C(=O)O)N1CCOCC1C(=O)NC1CC1. The molecule has 0 aromatic heterocycles. The number of carbonyl (C=O) groups is 2. The Morgan fingerprint density at radius 2 is 2.21 bits per heavy atom. The number of nitrogens with one attached hydrogen (secondary N) is 1. The van der Waals surface area contributed by atoms with E-state index in [1.807, 2.05) is 6.92 Å². The lowest BCUT2D eigenvalue weighted by atomic mass is 10.1. The maximum atomic E-state index is 12.2. The van der Waals surface area contributed by atoms with Crippen LogP contribution in [0.2, 0.25) is 0 Å². The molecule has 1 heterocycles. The van der Waals surface area contributed by atoms with Crippen LogP contribution in [0, 0.1) is 0 Å². The summed E-state index contributed by atoms with van der Waals surface area (Å²) in [6.45, 7) is 3.22. The highest BCUT2D eigenvalue weighted by Crippen LogP contribution is 2.21. The fourth-order valence-corrected chi connectivity index (χ4v) is 2.45. The number of rotatable bonds is 6. The number of carboxylic acid groups (broad SMARTS) is 1. The molecule has 1 amide bonds. The lowest BCUT2D eigenvalue weighted by Crippen LogP contribution is -2.59. The van der Waals surface area contributed by atoms with Gasteiger partial charge in [-0.25, -0.2) is 0 Å². The average Bonchev–Trinajstić information content (AvgIpc) is 3.19. The maximum absolute atomic E-state index is 12.2. The lowest BCUT2D eigenvalue weighted by Gasteiger charge is -2.38. The number of amides is 1. The van der Waals surface area contributed by atoms with E-state index in [0.717, 1.165) is 19.3 Å². The molecular weight excluding hydrogens is 248 g/mol. The van der Waals surface area contributed by atoms with Crippen LogP contribution in [0.25, 0.3) is 0 Å². The Bertz CT molecular complexity index is 344. The van der Waals surface area contributed by atoms with E-state index < -0.39 is 18.1 Å². The van der Waals surface area contributed by atoms with Gasteiger partial charge in [0.25, 0.3) is 0 Å². The molecule has 0 radical (unpaired) electrons. The van der Waals surface area contributed by atoms with Crippen LogP contribution in [0.5, 0.6) is 0 Å². The van der Waals surface area contributed by atoms with Gasteiger partial charge in [0.15, 0.2) is 0 Å². The van der Waals surface area contributed by atoms with E-state index in [2.05, 4.69) is 5.32 Å². The molecule has 0 spiro atoms. The van der Waals surface area contributed by atoms with E-state index in [1.165, 1.54) is 0 Å². The zero-order valence-electron chi connectivity index (χ0n) is 11.3. The third-order valence-corrected chi connectivity index (χ3v) is 3.64. The van der Waals surface area contributed by atoms with Crippen molar-refractivity contribution in [3.05, 3.63) is 0 Å². The van der Waals surface area contributed by atoms with Gasteiger partial charge in [-0.1, -0.05) is 13.3 Å². The second-order valence-corrected chi connectivity index (χ2v) is 5.25. The second-order valence-electron chi connectivity index (χ2n) is 5.25. The van der Waals surface area contributed by atoms with Crippen molar-refractivity contribution in [3.63, 3.8) is 0 Å². The molecule has 0 aromatic rings. The number of aliphatic carboxylic acids is 1. The molecule has 0 bridgehead atoms. The number of carboxylic acids is 1. The Morgan fingerprint density at radius 3 is 2.79 bits per heavy atom. The van der Waals surface area contributed by atoms with Gasteiger partial charge in [-0.15, -0.1) is 0 Å². The first-order valence-electron chi connectivity index (χ1n) is 7.00. The van der Waals surface area contributed by atoms with E-state index in [9.17, 15) is 14.7 Å². The van der Waals surface area contributed by atoms with Gasteiger partial charge in [0, 0.05) is 12.6 Å². The molecule has 6 heteroatoms. The smallest absolute Gasteiger partial charge is 0.320 e. The topological polar surface area (TPSA) is 78.9 Å². The molecule has 6 nitrogen and oxygen atoms in total. The van der Waals surface area contributed by atoms with Gasteiger partial charge in [-0.3, -0.25) is 14.5 Å². The Hall–Kier alpha value is -1.14. The van der Waals surface area contributed by atoms with Crippen molar-refractivity contribution >= 4 is 11.9 Å².